The van der Waals surface area contributed by atoms with E-state index in [9.17, 15) is 27.6 Å². The molecule has 3 aliphatic rings. The van der Waals surface area contributed by atoms with Gasteiger partial charge in [-0.05, 0) is 42.3 Å². The van der Waals surface area contributed by atoms with Crippen molar-refractivity contribution < 1.29 is 27.6 Å². The van der Waals surface area contributed by atoms with E-state index in [4.69, 9.17) is 0 Å². The molecule has 8 heteroatoms. The maximum atomic E-state index is 13.5. The van der Waals surface area contributed by atoms with Crippen LogP contribution in [-0.4, -0.2) is 28.5 Å². The van der Waals surface area contributed by atoms with Gasteiger partial charge < -0.3 is 4.90 Å². The largest absolute Gasteiger partial charge is 0.416 e. The van der Waals surface area contributed by atoms with Crippen LogP contribution in [0.1, 0.15) is 29.7 Å². The molecule has 5 rings (SSSR count). The predicted molar refractivity (Wildman–Crippen MR) is 105 cm³/mol. The molecule has 2 aromatic carbocycles. The molecule has 2 fully saturated rings. The van der Waals surface area contributed by atoms with Crippen LogP contribution in [0.3, 0.4) is 0 Å². The van der Waals surface area contributed by atoms with Gasteiger partial charge in [0, 0.05) is 6.20 Å². The number of fused-ring (bicyclic) bond motifs is 5. The summed E-state index contributed by atoms with van der Waals surface area (Å²) in [5, 5.41) is 0. The fourth-order valence-corrected chi connectivity index (χ4v) is 5.10. The summed E-state index contributed by atoms with van der Waals surface area (Å²) in [7, 11) is 0. The topological polar surface area (TPSA) is 57.7 Å². The smallest absolute Gasteiger partial charge is 0.359 e. The lowest BCUT2D eigenvalue weighted by molar-refractivity contribution is -0.137. The van der Waals surface area contributed by atoms with Gasteiger partial charge in [0.05, 0.1) is 35.2 Å². The lowest BCUT2D eigenvalue weighted by Crippen LogP contribution is -2.43. The molecule has 158 valence electrons. The standard InChI is InChI=1S/C23H17F3N2O3/c1-12(29)19-17-18(20-16-8-3-2-5-13(16)9-10-27(19)20)22(31)28(21(17)30)15-7-4-6-14(11-15)23(24,25)26/h2-11,17-20H,1H3/t17-,18-,19-,20+/m1/s1. The number of benzene rings is 2. The number of halogens is 3. The first kappa shape index (κ1) is 19.5. The lowest BCUT2D eigenvalue weighted by Gasteiger charge is -2.35. The summed E-state index contributed by atoms with van der Waals surface area (Å²) < 4.78 is 39.6. The van der Waals surface area contributed by atoms with Crippen LogP contribution in [0.5, 0.6) is 0 Å². The molecule has 5 nitrogen and oxygen atoms in total. The molecule has 0 spiro atoms. The van der Waals surface area contributed by atoms with E-state index >= 15 is 0 Å². The Kier molecular flexibility index (Phi) is 4.12. The maximum absolute atomic E-state index is 13.5. The number of carbonyl (C=O) groups excluding carboxylic acids is 3. The highest BCUT2D eigenvalue weighted by atomic mass is 19.4. The number of hydrogen-bond donors (Lipinski definition) is 0. The van der Waals surface area contributed by atoms with Gasteiger partial charge in [-0.15, -0.1) is 0 Å². The van der Waals surface area contributed by atoms with Gasteiger partial charge in [-0.2, -0.15) is 13.2 Å². The SMILES string of the molecule is CC(=O)[C@@H]1[C@@H]2C(=O)N(c3cccc(C(F)(F)F)c3)C(=O)[C@H]2[C@@H]2c3ccccc3C=CN12. The third-order valence-electron chi connectivity index (χ3n) is 6.31. The number of imide groups is 1. The zero-order valence-corrected chi connectivity index (χ0v) is 16.3. The molecular weight excluding hydrogens is 409 g/mol. The molecular formula is C23H17F3N2O3. The van der Waals surface area contributed by atoms with Gasteiger partial charge >= 0.3 is 6.18 Å². The Bertz CT molecular complexity index is 1160. The van der Waals surface area contributed by atoms with E-state index < -0.39 is 47.5 Å². The van der Waals surface area contributed by atoms with E-state index in [1.165, 1.54) is 19.1 Å². The van der Waals surface area contributed by atoms with Crippen molar-refractivity contribution in [3.05, 3.63) is 71.4 Å². The number of alkyl halides is 3. The van der Waals surface area contributed by atoms with Crippen molar-refractivity contribution in [1.82, 2.24) is 4.90 Å². The van der Waals surface area contributed by atoms with Gasteiger partial charge in [-0.3, -0.25) is 14.4 Å². The molecule has 0 aliphatic carbocycles. The van der Waals surface area contributed by atoms with Crippen LogP contribution in [0.15, 0.2) is 54.7 Å². The third-order valence-corrected chi connectivity index (χ3v) is 6.31. The van der Waals surface area contributed by atoms with Crippen LogP contribution in [0.4, 0.5) is 18.9 Å². The van der Waals surface area contributed by atoms with Crippen LogP contribution in [0.25, 0.3) is 6.08 Å². The molecule has 31 heavy (non-hydrogen) atoms. The summed E-state index contributed by atoms with van der Waals surface area (Å²) in [5.74, 6) is -3.32. The van der Waals surface area contributed by atoms with Crippen molar-refractivity contribution in [2.24, 2.45) is 11.8 Å². The number of nitrogens with zero attached hydrogens (tertiary/aromatic N) is 2. The Hall–Kier alpha value is -3.42. The first-order chi connectivity index (χ1) is 14.7. The van der Waals surface area contributed by atoms with Crippen LogP contribution < -0.4 is 4.90 Å². The zero-order valence-electron chi connectivity index (χ0n) is 16.3. The van der Waals surface area contributed by atoms with Crippen LogP contribution >= 0.6 is 0 Å². The number of carbonyl (C=O) groups is 3. The normalized spacial score (nSPS) is 26.7. The number of rotatable bonds is 2. The molecule has 3 heterocycles. The Balaban J connectivity index is 1.62. The van der Waals surface area contributed by atoms with Crippen molar-refractivity contribution in [3.8, 4) is 0 Å². The predicted octanol–water partition coefficient (Wildman–Crippen LogP) is 3.81. The second-order valence-corrected chi connectivity index (χ2v) is 8.00. The van der Waals surface area contributed by atoms with Gasteiger partial charge in [0.25, 0.3) is 0 Å². The highest BCUT2D eigenvalue weighted by molar-refractivity contribution is 6.24. The Morgan fingerprint density at radius 1 is 0.968 bits per heavy atom. The lowest BCUT2D eigenvalue weighted by atomic mass is 9.84. The Morgan fingerprint density at radius 2 is 1.68 bits per heavy atom. The molecule has 0 bridgehead atoms. The Morgan fingerprint density at radius 3 is 2.39 bits per heavy atom. The molecule has 0 aromatic heterocycles. The molecule has 0 N–H and O–H groups in total. The van der Waals surface area contributed by atoms with E-state index in [0.29, 0.717) is 0 Å². The number of ketones is 1. The van der Waals surface area contributed by atoms with Crippen molar-refractivity contribution in [1.29, 1.82) is 0 Å². The maximum Gasteiger partial charge on any atom is 0.416 e. The van der Waals surface area contributed by atoms with E-state index in [2.05, 4.69) is 0 Å². The highest BCUT2D eigenvalue weighted by Gasteiger charge is 2.64. The van der Waals surface area contributed by atoms with Crippen molar-refractivity contribution in [2.45, 2.75) is 25.2 Å². The van der Waals surface area contributed by atoms with Gasteiger partial charge in [-0.25, -0.2) is 4.90 Å². The van der Waals surface area contributed by atoms with Crippen LogP contribution in [-0.2, 0) is 20.6 Å². The fraction of sp³-hybridized carbons (Fsp3) is 0.261. The average Bonchev–Trinajstić information content (AvgIpc) is 3.20. The fourth-order valence-electron chi connectivity index (χ4n) is 5.10. The van der Waals surface area contributed by atoms with Crippen LogP contribution in [0, 0.1) is 11.8 Å². The van der Waals surface area contributed by atoms with Crippen molar-refractivity contribution >= 4 is 29.4 Å². The van der Waals surface area contributed by atoms with E-state index in [1.807, 2.05) is 30.3 Å². The first-order valence-corrected chi connectivity index (χ1v) is 9.80. The number of anilines is 1. The Labute approximate surface area is 175 Å². The molecule has 2 aromatic rings. The molecule has 2 saturated heterocycles. The summed E-state index contributed by atoms with van der Waals surface area (Å²) in [6.07, 6.45) is -1.04. The van der Waals surface area contributed by atoms with Gasteiger partial charge in [-0.1, -0.05) is 30.3 Å². The minimum atomic E-state index is -4.61. The summed E-state index contributed by atoms with van der Waals surface area (Å²) in [4.78, 5) is 41.9. The zero-order chi connectivity index (χ0) is 22.1. The number of hydrogen-bond acceptors (Lipinski definition) is 4. The average molecular weight is 426 g/mol. The number of amides is 2. The quantitative estimate of drug-likeness (QED) is 0.686. The number of Topliss-reactive ketones (excluding diaryl/α,β-unsaturated/α-hetero) is 1. The second kappa shape index (κ2) is 6.54. The first-order valence-electron chi connectivity index (χ1n) is 9.80. The summed E-state index contributed by atoms with van der Waals surface area (Å²) >= 11 is 0. The second-order valence-electron chi connectivity index (χ2n) is 8.00. The van der Waals surface area contributed by atoms with Crippen molar-refractivity contribution in [2.75, 3.05) is 4.90 Å². The molecule has 4 atom stereocenters. The minimum absolute atomic E-state index is 0.132. The summed E-state index contributed by atoms with van der Waals surface area (Å²) in [6, 6.07) is 10.2. The van der Waals surface area contributed by atoms with E-state index in [0.717, 1.165) is 28.2 Å². The van der Waals surface area contributed by atoms with Crippen LogP contribution in [0.2, 0.25) is 0 Å². The third kappa shape index (κ3) is 2.74. The molecule has 0 unspecified atom stereocenters. The van der Waals surface area contributed by atoms with E-state index in [1.54, 1.807) is 11.1 Å². The van der Waals surface area contributed by atoms with Gasteiger partial charge in [0.15, 0.2) is 5.78 Å². The summed E-state index contributed by atoms with van der Waals surface area (Å²) in [6.45, 7) is 1.36. The molecule has 2 amide bonds. The van der Waals surface area contributed by atoms with Crippen molar-refractivity contribution in [3.63, 3.8) is 0 Å². The van der Waals surface area contributed by atoms with Gasteiger partial charge in [0.2, 0.25) is 11.8 Å². The monoisotopic (exact) mass is 426 g/mol. The van der Waals surface area contributed by atoms with Gasteiger partial charge in [0.1, 0.15) is 0 Å². The summed E-state index contributed by atoms with van der Waals surface area (Å²) in [5.41, 5.74) is 0.617. The molecule has 0 radical (unpaired) electrons. The minimum Gasteiger partial charge on any atom is -0.359 e. The highest BCUT2D eigenvalue weighted by Crippen LogP contribution is 2.53. The van der Waals surface area contributed by atoms with E-state index in [-0.39, 0.29) is 11.5 Å². The molecule has 3 aliphatic heterocycles. The molecule has 0 saturated carbocycles.